The Balaban J connectivity index is 1.82. The van der Waals surface area contributed by atoms with Crippen molar-refractivity contribution in [2.24, 2.45) is 5.73 Å². The molecule has 1 fully saturated rings. The molecule has 0 unspecified atom stereocenters. The molecule has 1 aromatic rings. The summed E-state index contributed by atoms with van der Waals surface area (Å²) in [6.45, 7) is 3.29. The molecular weight excluding hydrogens is 356 g/mol. The van der Waals surface area contributed by atoms with Gasteiger partial charge in [-0.2, -0.15) is 4.31 Å². The van der Waals surface area contributed by atoms with Crippen LogP contribution in [0.15, 0.2) is 35.2 Å². The smallest absolute Gasteiger partial charge is 0.243 e. The van der Waals surface area contributed by atoms with Gasteiger partial charge in [-0.05, 0) is 19.1 Å². The van der Waals surface area contributed by atoms with Crippen LogP contribution < -0.4 is 11.1 Å². The largest absolute Gasteiger partial charge is 0.352 e. The Morgan fingerprint density at radius 1 is 1.12 bits per heavy atom. The Kier molecular flexibility index (Phi) is 7.13. The molecule has 0 bridgehead atoms. The van der Waals surface area contributed by atoms with E-state index in [1.165, 1.54) is 4.31 Å². The van der Waals surface area contributed by atoms with Crippen molar-refractivity contribution >= 4 is 21.8 Å². The molecular formula is C17H26N4O4S. The molecule has 0 aromatic heterocycles. The first-order chi connectivity index (χ1) is 12.3. The van der Waals surface area contributed by atoms with E-state index in [-0.39, 0.29) is 48.7 Å². The van der Waals surface area contributed by atoms with E-state index in [1.54, 1.807) is 42.2 Å². The Bertz CT molecular complexity index is 716. The number of carbonyl (C=O) groups is 2. The highest BCUT2D eigenvalue weighted by Gasteiger charge is 2.29. The summed E-state index contributed by atoms with van der Waals surface area (Å²) >= 11 is 0. The van der Waals surface area contributed by atoms with E-state index in [0.717, 1.165) is 0 Å². The van der Waals surface area contributed by atoms with Gasteiger partial charge >= 0.3 is 0 Å². The third-order valence-electron chi connectivity index (χ3n) is 4.30. The molecule has 26 heavy (non-hydrogen) atoms. The van der Waals surface area contributed by atoms with Crippen LogP contribution in [-0.4, -0.2) is 68.2 Å². The van der Waals surface area contributed by atoms with Crippen molar-refractivity contribution in [2.45, 2.75) is 30.7 Å². The lowest BCUT2D eigenvalue weighted by molar-refractivity contribution is -0.134. The Hall–Kier alpha value is -1.97. The van der Waals surface area contributed by atoms with Crippen molar-refractivity contribution in [1.82, 2.24) is 14.5 Å². The van der Waals surface area contributed by atoms with E-state index >= 15 is 0 Å². The summed E-state index contributed by atoms with van der Waals surface area (Å²) in [6.07, 6.45) is 0.209. The maximum Gasteiger partial charge on any atom is 0.243 e. The molecule has 1 heterocycles. The molecule has 0 spiro atoms. The number of piperazine rings is 1. The summed E-state index contributed by atoms with van der Waals surface area (Å²) in [5, 5.41) is 2.71. The van der Waals surface area contributed by atoms with Gasteiger partial charge in [-0.3, -0.25) is 9.59 Å². The zero-order chi connectivity index (χ0) is 19.2. The molecule has 0 radical (unpaired) electrons. The lowest BCUT2D eigenvalue weighted by atomic mass is 10.2. The summed E-state index contributed by atoms with van der Waals surface area (Å²) in [6, 6.07) is 8.14. The number of hydrogen-bond acceptors (Lipinski definition) is 5. The van der Waals surface area contributed by atoms with E-state index < -0.39 is 10.0 Å². The van der Waals surface area contributed by atoms with Crippen molar-refractivity contribution in [1.29, 1.82) is 0 Å². The van der Waals surface area contributed by atoms with E-state index in [9.17, 15) is 18.0 Å². The quantitative estimate of drug-likeness (QED) is 0.676. The van der Waals surface area contributed by atoms with Gasteiger partial charge in [-0.15, -0.1) is 0 Å². The lowest BCUT2D eigenvalue weighted by Crippen LogP contribution is -2.50. The van der Waals surface area contributed by atoms with Crippen molar-refractivity contribution in [2.75, 3.05) is 32.7 Å². The fraction of sp³-hybridized carbons (Fsp3) is 0.529. The van der Waals surface area contributed by atoms with Crippen LogP contribution in [0, 0.1) is 0 Å². The number of sulfonamides is 1. The summed E-state index contributed by atoms with van der Waals surface area (Å²) in [7, 11) is -3.53. The first-order valence-corrected chi connectivity index (χ1v) is 10.1. The minimum atomic E-state index is -3.53. The predicted molar refractivity (Wildman–Crippen MR) is 97.7 cm³/mol. The number of rotatable bonds is 7. The van der Waals surface area contributed by atoms with Gasteiger partial charge in [0.15, 0.2) is 0 Å². The van der Waals surface area contributed by atoms with Gasteiger partial charge < -0.3 is 16.0 Å². The van der Waals surface area contributed by atoms with E-state index in [4.69, 9.17) is 5.73 Å². The van der Waals surface area contributed by atoms with Crippen LogP contribution in [0.2, 0.25) is 0 Å². The second-order valence-corrected chi connectivity index (χ2v) is 8.24. The molecule has 0 saturated carbocycles. The summed E-state index contributed by atoms with van der Waals surface area (Å²) in [4.78, 5) is 25.8. The van der Waals surface area contributed by atoms with E-state index in [0.29, 0.717) is 19.6 Å². The van der Waals surface area contributed by atoms with Gasteiger partial charge in [0.1, 0.15) is 0 Å². The molecule has 1 saturated heterocycles. The number of nitrogens with two attached hydrogens (primary N) is 1. The molecule has 3 N–H and O–H groups in total. The van der Waals surface area contributed by atoms with Gasteiger partial charge in [-0.1, -0.05) is 18.2 Å². The van der Waals surface area contributed by atoms with Crippen LogP contribution in [-0.2, 0) is 19.6 Å². The summed E-state index contributed by atoms with van der Waals surface area (Å²) in [5.74, 6) is -0.348. The highest BCUT2D eigenvalue weighted by molar-refractivity contribution is 7.89. The lowest BCUT2D eigenvalue weighted by Gasteiger charge is -2.34. The monoisotopic (exact) mass is 382 g/mol. The highest BCUT2D eigenvalue weighted by atomic mass is 32.2. The maximum atomic E-state index is 12.6. The maximum absolute atomic E-state index is 12.6. The summed E-state index contributed by atoms with van der Waals surface area (Å²) < 4.78 is 26.5. The zero-order valence-electron chi connectivity index (χ0n) is 14.9. The van der Waals surface area contributed by atoms with Gasteiger partial charge in [0.2, 0.25) is 21.8 Å². The van der Waals surface area contributed by atoms with E-state index in [1.807, 2.05) is 0 Å². The zero-order valence-corrected chi connectivity index (χ0v) is 15.7. The first-order valence-electron chi connectivity index (χ1n) is 8.67. The molecule has 2 amide bonds. The first kappa shape index (κ1) is 20.3. The number of nitrogens with zero attached hydrogens (tertiary/aromatic N) is 2. The Morgan fingerprint density at radius 3 is 2.31 bits per heavy atom. The Labute approximate surface area is 154 Å². The second-order valence-electron chi connectivity index (χ2n) is 6.30. The van der Waals surface area contributed by atoms with Gasteiger partial charge in [0.25, 0.3) is 0 Å². The number of benzene rings is 1. The second kappa shape index (κ2) is 9.11. The Morgan fingerprint density at radius 2 is 1.73 bits per heavy atom. The molecule has 9 heteroatoms. The van der Waals surface area contributed by atoms with Crippen LogP contribution in [0.1, 0.15) is 19.8 Å². The number of carbonyl (C=O) groups excluding carboxylic acids is 2. The minimum Gasteiger partial charge on any atom is -0.352 e. The molecule has 1 atom stereocenters. The minimum absolute atomic E-state index is 0.103. The standard InChI is InChI=1S/C17H26N4O4S/c1-14(13-18)19-16(22)7-8-17(23)20-9-11-21(12-10-20)26(24,25)15-5-3-2-4-6-15/h2-6,14H,7-13,18H2,1H3,(H,19,22)/t14-/m0/s1. The number of nitrogens with one attached hydrogen (secondary N) is 1. The van der Waals surface area contributed by atoms with Crippen molar-refractivity contribution < 1.29 is 18.0 Å². The molecule has 2 rings (SSSR count). The van der Waals surface area contributed by atoms with Crippen LogP contribution in [0.25, 0.3) is 0 Å². The van der Waals surface area contributed by atoms with Crippen molar-refractivity contribution in [3.63, 3.8) is 0 Å². The average Bonchev–Trinajstić information content (AvgIpc) is 2.66. The molecule has 0 aliphatic carbocycles. The highest BCUT2D eigenvalue weighted by Crippen LogP contribution is 2.17. The number of amides is 2. The summed E-state index contributed by atoms with van der Waals surface area (Å²) in [5.41, 5.74) is 5.44. The van der Waals surface area contributed by atoms with Gasteiger partial charge in [0, 0.05) is 51.6 Å². The van der Waals surface area contributed by atoms with Crippen LogP contribution >= 0.6 is 0 Å². The third kappa shape index (κ3) is 5.26. The SMILES string of the molecule is C[C@@H](CN)NC(=O)CCC(=O)N1CCN(S(=O)(=O)c2ccccc2)CC1. The molecule has 1 aliphatic rings. The van der Waals surface area contributed by atoms with E-state index in [2.05, 4.69) is 5.32 Å². The average molecular weight is 382 g/mol. The van der Waals surface area contributed by atoms with Gasteiger partial charge in [-0.25, -0.2) is 8.42 Å². The van der Waals surface area contributed by atoms with Crippen LogP contribution in [0.3, 0.4) is 0 Å². The molecule has 8 nitrogen and oxygen atoms in total. The molecule has 1 aliphatic heterocycles. The van der Waals surface area contributed by atoms with Crippen LogP contribution in [0.5, 0.6) is 0 Å². The van der Waals surface area contributed by atoms with Crippen molar-refractivity contribution in [3.05, 3.63) is 30.3 Å². The van der Waals surface area contributed by atoms with Gasteiger partial charge in [0.05, 0.1) is 4.90 Å². The van der Waals surface area contributed by atoms with Crippen LogP contribution in [0.4, 0.5) is 0 Å². The predicted octanol–water partition coefficient (Wildman–Crippen LogP) is -0.237. The normalized spacial score (nSPS) is 16.9. The fourth-order valence-corrected chi connectivity index (χ4v) is 4.15. The number of hydrogen-bond donors (Lipinski definition) is 2. The molecule has 1 aromatic carbocycles. The van der Waals surface area contributed by atoms with Crippen molar-refractivity contribution in [3.8, 4) is 0 Å². The third-order valence-corrected chi connectivity index (χ3v) is 6.21. The topological polar surface area (TPSA) is 113 Å². The fourth-order valence-electron chi connectivity index (χ4n) is 2.70. The molecule has 144 valence electrons.